The molecule has 2 N–H and O–H groups in total. The number of methoxy groups -OCH3 is 1. The normalized spacial score (nSPS) is 12.8. The zero-order valence-corrected chi connectivity index (χ0v) is 5.55. The number of carbonyl (C=O) groups is 1. The SMILES string of the molecule is CNC(=O)C(O)COC. The lowest BCUT2D eigenvalue weighted by Crippen LogP contribution is -2.34. The second-order valence-corrected chi connectivity index (χ2v) is 1.59. The molecule has 4 nitrogen and oxygen atoms in total. The van der Waals surface area contributed by atoms with Crippen molar-refractivity contribution in [3.05, 3.63) is 0 Å². The van der Waals surface area contributed by atoms with Crippen molar-refractivity contribution in [1.82, 2.24) is 5.32 Å². The maximum absolute atomic E-state index is 10.5. The molecule has 0 heterocycles. The topological polar surface area (TPSA) is 58.6 Å². The molecule has 0 aromatic rings. The molecule has 0 spiro atoms. The van der Waals surface area contributed by atoms with Crippen molar-refractivity contribution < 1.29 is 14.6 Å². The molecular weight excluding hydrogens is 122 g/mol. The van der Waals surface area contributed by atoms with Crippen LogP contribution < -0.4 is 5.32 Å². The molecule has 0 saturated heterocycles. The van der Waals surface area contributed by atoms with E-state index in [0.29, 0.717) is 0 Å². The molecule has 0 bridgehead atoms. The number of likely N-dealkylation sites (N-methyl/N-ethyl adjacent to an activating group) is 1. The Morgan fingerprint density at radius 3 is 2.78 bits per heavy atom. The molecule has 0 aromatic carbocycles. The van der Waals surface area contributed by atoms with Gasteiger partial charge < -0.3 is 15.2 Å². The van der Waals surface area contributed by atoms with Crippen LogP contribution in [0.5, 0.6) is 0 Å². The fourth-order valence-corrected chi connectivity index (χ4v) is 0.400. The van der Waals surface area contributed by atoms with Gasteiger partial charge in [-0.1, -0.05) is 0 Å². The van der Waals surface area contributed by atoms with Crippen LogP contribution in [0.15, 0.2) is 0 Å². The van der Waals surface area contributed by atoms with Crippen molar-refractivity contribution in [1.29, 1.82) is 0 Å². The largest absolute Gasteiger partial charge is 0.381 e. The molecule has 0 aliphatic heterocycles. The van der Waals surface area contributed by atoms with Gasteiger partial charge in [0.15, 0.2) is 6.10 Å². The van der Waals surface area contributed by atoms with E-state index in [9.17, 15) is 4.79 Å². The van der Waals surface area contributed by atoms with Gasteiger partial charge in [0.05, 0.1) is 6.61 Å². The molecular formula is C5H11NO3. The lowest BCUT2D eigenvalue weighted by atomic mass is 10.3. The summed E-state index contributed by atoms with van der Waals surface area (Å²) in [7, 11) is 2.88. The van der Waals surface area contributed by atoms with E-state index in [4.69, 9.17) is 5.11 Å². The van der Waals surface area contributed by atoms with Gasteiger partial charge in [0.1, 0.15) is 0 Å². The number of ether oxygens (including phenoxy) is 1. The summed E-state index contributed by atoms with van der Waals surface area (Å²) >= 11 is 0. The summed E-state index contributed by atoms with van der Waals surface area (Å²) in [5, 5.41) is 11.1. The summed E-state index contributed by atoms with van der Waals surface area (Å²) in [5.41, 5.74) is 0. The van der Waals surface area contributed by atoms with Crippen molar-refractivity contribution in [2.75, 3.05) is 20.8 Å². The molecule has 0 saturated carbocycles. The monoisotopic (exact) mass is 133 g/mol. The fraction of sp³-hybridized carbons (Fsp3) is 0.800. The van der Waals surface area contributed by atoms with Gasteiger partial charge in [0.2, 0.25) is 0 Å². The molecule has 54 valence electrons. The van der Waals surface area contributed by atoms with Gasteiger partial charge in [0, 0.05) is 14.2 Å². The number of amides is 1. The van der Waals surface area contributed by atoms with Crippen LogP contribution in [0.25, 0.3) is 0 Å². The molecule has 9 heavy (non-hydrogen) atoms. The smallest absolute Gasteiger partial charge is 0.250 e. The first-order chi connectivity index (χ1) is 4.22. The van der Waals surface area contributed by atoms with Gasteiger partial charge in [-0.3, -0.25) is 4.79 Å². The highest BCUT2D eigenvalue weighted by molar-refractivity contribution is 5.80. The predicted octanol–water partition coefficient (Wildman–Crippen LogP) is -1.26. The zero-order chi connectivity index (χ0) is 7.28. The third-order valence-electron chi connectivity index (χ3n) is 0.874. The number of aliphatic hydroxyl groups excluding tert-OH is 1. The molecule has 0 aromatic heterocycles. The van der Waals surface area contributed by atoms with Crippen molar-refractivity contribution in [2.24, 2.45) is 0 Å². The van der Waals surface area contributed by atoms with Crippen molar-refractivity contribution >= 4 is 5.91 Å². The molecule has 0 radical (unpaired) electrons. The second-order valence-electron chi connectivity index (χ2n) is 1.59. The Kier molecular flexibility index (Phi) is 4.00. The minimum atomic E-state index is -1.04. The first-order valence-corrected chi connectivity index (χ1v) is 2.61. The van der Waals surface area contributed by atoms with Crippen LogP contribution in [0.4, 0.5) is 0 Å². The zero-order valence-electron chi connectivity index (χ0n) is 5.55. The number of nitrogens with one attached hydrogen (secondary N) is 1. The maximum atomic E-state index is 10.5. The summed E-state index contributed by atoms with van der Waals surface area (Å²) in [6.07, 6.45) is -1.04. The first-order valence-electron chi connectivity index (χ1n) is 2.61. The average molecular weight is 133 g/mol. The number of hydrogen-bond acceptors (Lipinski definition) is 3. The van der Waals surface area contributed by atoms with Gasteiger partial charge in [-0.15, -0.1) is 0 Å². The Bertz CT molecular complexity index is 94.2. The maximum Gasteiger partial charge on any atom is 0.250 e. The van der Waals surface area contributed by atoms with E-state index >= 15 is 0 Å². The van der Waals surface area contributed by atoms with Crippen molar-refractivity contribution in [2.45, 2.75) is 6.10 Å². The second kappa shape index (κ2) is 4.29. The Balaban J connectivity index is 3.45. The third kappa shape index (κ3) is 3.05. The molecule has 0 rings (SSSR count). The molecule has 0 fully saturated rings. The Morgan fingerprint density at radius 2 is 2.44 bits per heavy atom. The van der Waals surface area contributed by atoms with Gasteiger partial charge in [-0.25, -0.2) is 0 Å². The van der Waals surface area contributed by atoms with Crippen LogP contribution in [0.2, 0.25) is 0 Å². The van der Waals surface area contributed by atoms with Crippen molar-refractivity contribution in [3.8, 4) is 0 Å². The van der Waals surface area contributed by atoms with Crippen LogP contribution in [0.3, 0.4) is 0 Å². The molecule has 0 aliphatic rings. The highest BCUT2D eigenvalue weighted by atomic mass is 16.5. The van der Waals surface area contributed by atoms with Crippen LogP contribution >= 0.6 is 0 Å². The highest BCUT2D eigenvalue weighted by Gasteiger charge is 2.10. The molecule has 1 amide bonds. The first kappa shape index (κ1) is 8.39. The summed E-state index contributed by atoms with van der Waals surface area (Å²) in [5.74, 6) is -0.420. The lowest BCUT2D eigenvalue weighted by molar-refractivity contribution is -0.131. The summed E-state index contributed by atoms with van der Waals surface area (Å²) in [6.45, 7) is 0.0413. The van der Waals surface area contributed by atoms with Crippen molar-refractivity contribution in [3.63, 3.8) is 0 Å². The van der Waals surface area contributed by atoms with Gasteiger partial charge in [-0.2, -0.15) is 0 Å². The lowest BCUT2D eigenvalue weighted by Gasteiger charge is -2.05. The Morgan fingerprint density at radius 1 is 1.89 bits per heavy atom. The van der Waals surface area contributed by atoms with E-state index in [0.717, 1.165) is 0 Å². The van der Waals surface area contributed by atoms with E-state index in [1.807, 2.05) is 0 Å². The highest BCUT2D eigenvalue weighted by Crippen LogP contribution is 1.81. The number of rotatable bonds is 3. The molecule has 1 atom stereocenters. The van der Waals surface area contributed by atoms with Crippen LogP contribution in [0.1, 0.15) is 0 Å². The quantitative estimate of drug-likeness (QED) is 0.505. The third-order valence-corrected chi connectivity index (χ3v) is 0.874. The minimum Gasteiger partial charge on any atom is -0.381 e. The standard InChI is InChI=1S/C5H11NO3/c1-6-5(8)4(7)3-9-2/h4,7H,3H2,1-2H3,(H,6,8). The van der Waals surface area contributed by atoms with Gasteiger partial charge >= 0.3 is 0 Å². The minimum absolute atomic E-state index is 0.0413. The van der Waals surface area contributed by atoms with Crippen LogP contribution in [-0.2, 0) is 9.53 Å². The Labute approximate surface area is 53.8 Å². The van der Waals surface area contributed by atoms with E-state index in [1.54, 1.807) is 0 Å². The van der Waals surface area contributed by atoms with E-state index in [2.05, 4.69) is 10.1 Å². The van der Waals surface area contributed by atoms with Crippen LogP contribution in [0, 0.1) is 0 Å². The number of carbonyl (C=O) groups excluding carboxylic acids is 1. The molecule has 1 unspecified atom stereocenters. The van der Waals surface area contributed by atoms with E-state index in [1.165, 1.54) is 14.2 Å². The summed E-state index contributed by atoms with van der Waals surface area (Å²) < 4.78 is 4.52. The van der Waals surface area contributed by atoms with Gasteiger partial charge in [-0.05, 0) is 0 Å². The average Bonchev–Trinajstić information content (AvgIpc) is 1.87. The molecule has 0 aliphatic carbocycles. The summed E-state index contributed by atoms with van der Waals surface area (Å²) in [6, 6.07) is 0. The molecule has 4 heteroatoms. The predicted molar refractivity (Wildman–Crippen MR) is 31.9 cm³/mol. The number of aliphatic hydroxyl groups is 1. The fourth-order valence-electron chi connectivity index (χ4n) is 0.400. The summed E-state index contributed by atoms with van der Waals surface area (Å²) in [4.78, 5) is 10.5. The van der Waals surface area contributed by atoms with Gasteiger partial charge in [0.25, 0.3) is 5.91 Å². The number of hydrogen-bond donors (Lipinski definition) is 2. The Hall–Kier alpha value is -0.610. The van der Waals surface area contributed by atoms with Crippen LogP contribution in [-0.4, -0.2) is 37.9 Å². The van der Waals surface area contributed by atoms with E-state index < -0.39 is 12.0 Å². The van der Waals surface area contributed by atoms with E-state index in [-0.39, 0.29) is 6.61 Å².